The molecule has 0 N–H and O–H groups in total. The molecule has 0 saturated carbocycles. The molecule has 1 aliphatic heterocycles. The van der Waals surface area contributed by atoms with E-state index in [9.17, 15) is 9.59 Å². The van der Waals surface area contributed by atoms with Gasteiger partial charge < -0.3 is 9.64 Å². The number of carbonyl (C=O) groups excluding carboxylic acids is 2. The van der Waals surface area contributed by atoms with Crippen molar-refractivity contribution >= 4 is 39.1 Å². The van der Waals surface area contributed by atoms with Crippen LogP contribution in [0.1, 0.15) is 45.2 Å². The molecule has 1 aromatic heterocycles. The molecule has 0 fully saturated rings. The zero-order chi connectivity index (χ0) is 21.3. The van der Waals surface area contributed by atoms with E-state index in [1.54, 1.807) is 35.2 Å². The number of fused-ring (bicyclic) bond motifs is 1. The predicted molar refractivity (Wildman–Crippen MR) is 119 cm³/mol. The molecule has 1 aromatic carbocycles. The largest absolute Gasteiger partial charge is 0.443 e. The molecule has 2 heterocycles. The van der Waals surface area contributed by atoms with Crippen molar-refractivity contribution in [2.75, 3.05) is 20.6 Å². The molecule has 0 aliphatic carbocycles. The lowest BCUT2D eigenvalue weighted by Crippen LogP contribution is -2.39. The fraction of sp³-hybridized carbons (Fsp3) is 0.478. The highest BCUT2D eigenvalue weighted by Gasteiger charge is 2.29. The van der Waals surface area contributed by atoms with E-state index in [1.165, 1.54) is 0 Å². The Morgan fingerprint density at radius 1 is 1.28 bits per heavy atom. The second-order valence-corrected chi connectivity index (χ2v) is 9.87. The number of likely N-dealkylation sites (N-methyl/N-ethyl adjacent to an activating group) is 1. The van der Waals surface area contributed by atoms with E-state index in [-0.39, 0.29) is 12.0 Å². The molecule has 6 heteroatoms. The van der Waals surface area contributed by atoms with Crippen molar-refractivity contribution in [3.05, 3.63) is 40.8 Å². The molecule has 1 aliphatic rings. The van der Waals surface area contributed by atoms with E-state index < -0.39 is 5.60 Å². The third kappa shape index (κ3) is 4.99. The molecule has 1 atom stereocenters. The zero-order valence-corrected chi connectivity index (χ0v) is 18.9. The molecule has 0 saturated heterocycles. The Balaban J connectivity index is 1.96. The molecule has 156 valence electrons. The van der Waals surface area contributed by atoms with Crippen LogP contribution >= 0.6 is 11.3 Å². The summed E-state index contributed by atoms with van der Waals surface area (Å²) in [4.78, 5) is 28.4. The number of hydrogen-bond donors (Lipinski definition) is 0. The molecule has 1 unspecified atom stereocenters. The molecule has 2 aromatic rings. The summed E-state index contributed by atoms with van der Waals surface area (Å²) < 4.78 is 6.79. The summed E-state index contributed by atoms with van der Waals surface area (Å²) in [5.74, 6) is 0.459. The Morgan fingerprint density at radius 3 is 2.66 bits per heavy atom. The number of benzene rings is 1. The van der Waals surface area contributed by atoms with E-state index >= 15 is 0 Å². The molecule has 3 rings (SSSR count). The van der Waals surface area contributed by atoms with E-state index in [2.05, 4.69) is 36.6 Å². The fourth-order valence-corrected chi connectivity index (χ4v) is 4.31. The van der Waals surface area contributed by atoms with Gasteiger partial charge >= 0.3 is 6.09 Å². The average molecular weight is 415 g/mol. The lowest BCUT2D eigenvalue weighted by molar-refractivity contribution is -0.127. The van der Waals surface area contributed by atoms with Crippen LogP contribution in [0.2, 0.25) is 0 Å². The van der Waals surface area contributed by atoms with Crippen LogP contribution < -0.4 is 0 Å². The lowest BCUT2D eigenvalue weighted by atomic mass is 9.97. The van der Waals surface area contributed by atoms with Gasteiger partial charge in [-0.3, -0.25) is 9.69 Å². The summed E-state index contributed by atoms with van der Waals surface area (Å²) in [5, 5.41) is 3.13. The van der Waals surface area contributed by atoms with Crippen molar-refractivity contribution in [2.24, 2.45) is 5.92 Å². The summed E-state index contributed by atoms with van der Waals surface area (Å²) in [6.45, 7) is 8.42. The van der Waals surface area contributed by atoms with Crippen LogP contribution in [0.15, 0.2) is 29.7 Å². The van der Waals surface area contributed by atoms with Gasteiger partial charge in [-0.2, -0.15) is 0 Å². The smallest absolute Gasteiger partial charge is 0.414 e. The average Bonchev–Trinajstić information content (AvgIpc) is 3.02. The first-order valence-electron chi connectivity index (χ1n) is 9.96. The molecule has 5 nitrogen and oxygen atoms in total. The molecular weight excluding hydrogens is 384 g/mol. The first-order valence-corrected chi connectivity index (χ1v) is 10.8. The lowest BCUT2D eigenvalue weighted by Gasteiger charge is -2.34. The summed E-state index contributed by atoms with van der Waals surface area (Å²) in [5.41, 5.74) is 2.35. The summed E-state index contributed by atoms with van der Waals surface area (Å²) in [7, 11) is 3.55. The highest BCUT2D eigenvalue weighted by Crippen LogP contribution is 2.34. The second-order valence-electron chi connectivity index (χ2n) is 8.96. The van der Waals surface area contributed by atoms with Gasteiger partial charge in [-0.05, 0) is 67.1 Å². The molecule has 0 radical (unpaired) electrons. The topological polar surface area (TPSA) is 49.9 Å². The first-order chi connectivity index (χ1) is 13.5. The van der Waals surface area contributed by atoms with Crippen LogP contribution in [0.5, 0.6) is 0 Å². The van der Waals surface area contributed by atoms with Crippen LogP contribution in [0.25, 0.3) is 15.8 Å². The van der Waals surface area contributed by atoms with Crippen molar-refractivity contribution in [2.45, 2.75) is 46.1 Å². The number of nitrogens with zero attached hydrogens (tertiary/aromatic N) is 2. The van der Waals surface area contributed by atoms with Crippen molar-refractivity contribution in [1.82, 2.24) is 9.80 Å². The Hall–Kier alpha value is -2.34. The maximum absolute atomic E-state index is 12.9. The summed E-state index contributed by atoms with van der Waals surface area (Å²) in [6, 6.07) is 6.23. The van der Waals surface area contributed by atoms with E-state index in [0.717, 1.165) is 33.3 Å². The maximum atomic E-state index is 12.9. The maximum Gasteiger partial charge on any atom is 0.414 e. The van der Waals surface area contributed by atoms with Gasteiger partial charge in [-0.1, -0.05) is 19.1 Å². The Kier molecular flexibility index (Phi) is 6.03. The fourth-order valence-electron chi connectivity index (χ4n) is 3.37. The highest BCUT2D eigenvalue weighted by molar-refractivity contribution is 7.17. The van der Waals surface area contributed by atoms with Crippen LogP contribution in [-0.2, 0) is 16.0 Å². The van der Waals surface area contributed by atoms with E-state index in [4.69, 9.17) is 4.74 Å². The molecule has 0 spiro atoms. The minimum Gasteiger partial charge on any atom is -0.443 e. The quantitative estimate of drug-likeness (QED) is 0.698. The van der Waals surface area contributed by atoms with Gasteiger partial charge in [0.15, 0.2) is 0 Å². The SMILES string of the molecule is CC1CC=C(c2ccc3scc(CC(=O)N(C)C)c3c2)N(C(=O)OC(C)(C)C)C1. The summed E-state index contributed by atoms with van der Waals surface area (Å²) >= 11 is 1.64. The van der Waals surface area contributed by atoms with Crippen molar-refractivity contribution < 1.29 is 14.3 Å². The number of thiophene rings is 1. The number of ether oxygens (including phenoxy) is 1. The van der Waals surface area contributed by atoms with E-state index in [1.807, 2.05) is 20.8 Å². The van der Waals surface area contributed by atoms with Gasteiger partial charge in [0.25, 0.3) is 0 Å². The van der Waals surface area contributed by atoms with Crippen LogP contribution in [0.4, 0.5) is 4.79 Å². The Bertz CT molecular complexity index is 953. The third-order valence-electron chi connectivity index (χ3n) is 4.90. The monoisotopic (exact) mass is 414 g/mol. The second kappa shape index (κ2) is 8.19. The molecule has 29 heavy (non-hydrogen) atoms. The molecular formula is C23H30N2O3S. The first kappa shape index (κ1) is 21.4. The van der Waals surface area contributed by atoms with Crippen LogP contribution in [0.3, 0.4) is 0 Å². The van der Waals surface area contributed by atoms with Gasteiger partial charge in [0.1, 0.15) is 5.60 Å². The minimum atomic E-state index is -0.542. The minimum absolute atomic E-state index is 0.0798. The highest BCUT2D eigenvalue weighted by atomic mass is 32.1. The van der Waals surface area contributed by atoms with Gasteiger partial charge in [0.2, 0.25) is 5.91 Å². The van der Waals surface area contributed by atoms with Crippen molar-refractivity contribution in [3.63, 3.8) is 0 Å². The Morgan fingerprint density at radius 2 is 2.00 bits per heavy atom. The van der Waals surface area contributed by atoms with Crippen molar-refractivity contribution in [1.29, 1.82) is 0 Å². The predicted octanol–water partition coefficient (Wildman–Crippen LogP) is 5.15. The number of carbonyl (C=O) groups is 2. The van der Waals surface area contributed by atoms with Crippen molar-refractivity contribution in [3.8, 4) is 0 Å². The molecule has 0 bridgehead atoms. The van der Waals surface area contributed by atoms with Gasteiger partial charge in [-0.25, -0.2) is 4.79 Å². The number of amides is 2. The van der Waals surface area contributed by atoms with Crippen LogP contribution in [-0.4, -0.2) is 48.0 Å². The molecule has 2 amide bonds. The number of rotatable bonds is 3. The number of hydrogen-bond acceptors (Lipinski definition) is 4. The third-order valence-corrected chi connectivity index (χ3v) is 5.91. The number of allylic oxidation sites excluding steroid dienone is 1. The van der Waals surface area contributed by atoms with Gasteiger partial charge in [-0.15, -0.1) is 11.3 Å². The summed E-state index contributed by atoms with van der Waals surface area (Å²) in [6.07, 6.45) is 3.10. The van der Waals surface area contributed by atoms with Crippen LogP contribution in [0, 0.1) is 5.92 Å². The van der Waals surface area contributed by atoms with E-state index in [0.29, 0.717) is 18.9 Å². The Labute approximate surface area is 176 Å². The van der Waals surface area contributed by atoms with Gasteiger partial charge in [0, 0.05) is 25.3 Å². The standard InChI is InChI=1S/C23H30N2O3S/c1-15-7-9-19(25(13-15)22(27)28-23(2,3)4)16-8-10-20-18(11-16)17(14-29-20)12-21(26)24(5)6/h8-11,14-15H,7,12-13H2,1-6H3. The van der Waals surface area contributed by atoms with Gasteiger partial charge in [0.05, 0.1) is 12.1 Å². The zero-order valence-electron chi connectivity index (χ0n) is 18.1. The normalized spacial score (nSPS) is 17.2.